The molecule has 19 heavy (non-hydrogen) atoms. The van der Waals surface area contributed by atoms with Gasteiger partial charge in [0.1, 0.15) is 0 Å². The van der Waals surface area contributed by atoms with Crippen molar-refractivity contribution in [2.24, 2.45) is 5.92 Å². The summed E-state index contributed by atoms with van der Waals surface area (Å²) in [5.41, 5.74) is 1.26. The van der Waals surface area contributed by atoms with Crippen molar-refractivity contribution >= 4 is 0 Å². The van der Waals surface area contributed by atoms with E-state index in [9.17, 15) is 5.11 Å². The fraction of sp³-hybridized carbons (Fsp3) is 0.600. The van der Waals surface area contributed by atoms with Gasteiger partial charge in [-0.1, -0.05) is 6.07 Å². The maximum absolute atomic E-state index is 9.61. The van der Waals surface area contributed by atoms with Crippen LogP contribution in [0.3, 0.4) is 0 Å². The lowest BCUT2D eigenvalue weighted by molar-refractivity contribution is 0.0695. The number of ether oxygens (including phenoxy) is 2. The van der Waals surface area contributed by atoms with Gasteiger partial charge in [-0.15, -0.1) is 0 Å². The van der Waals surface area contributed by atoms with Crippen LogP contribution in [0, 0.1) is 5.92 Å². The van der Waals surface area contributed by atoms with Crippen LogP contribution < -0.4 is 9.47 Å². The third kappa shape index (κ3) is 2.85. The normalized spacial score (nSPS) is 21.6. The summed E-state index contributed by atoms with van der Waals surface area (Å²) in [7, 11) is 0. The Labute approximate surface area is 113 Å². The van der Waals surface area contributed by atoms with Crippen molar-refractivity contribution in [3.05, 3.63) is 23.8 Å². The van der Waals surface area contributed by atoms with Crippen LogP contribution in [-0.2, 0) is 6.54 Å². The predicted octanol–water partition coefficient (Wildman–Crippen LogP) is 2.01. The molecule has 0 aromatic heterocycles. The van der Waals surface area contributed by atoms with Crippen molar-refractivity contribution in [3.63, 3.8) is 0 Å². The van der Waals surface area contributed by atoms with Crippen LogP contribution >= 0.6 is 0 Å². The minimum atomic E-state index is -0.173. The molecule has 104 valence electrons. The second-order valence-corrected chi connectivity index (χ2v) is 5.54. The van der Waals surface area contributed by atoms with Gasteiger partial charge < -0.3 is 14.6 Å². The number of piperidine rings is 1. The van der Waals surface area contributed by atoms with Crippen molar-refractivity contribution in [2.45, 2.75) is 32.4 Å². The molecule has 1 aromatic rings. The standard InChI is InChI=1S/C15H21NO3/c1-11(17)13-4-6-16(7-5-13)9-12-2-3-14-15(8-12)19-10-18-14/h2-3,8,11,13,17H,4-7,9-10H2,1H3. The largest absolute Gasteiger partial charge is 0.454 e. The third-order valence-corrected chi connectivity index (χ3v) is 4.16. The van der Waals surface area contributed by atoms with Crippen molar-refractivity contribution < 1.29 is 14.6 Å². The molecule has 0 amide bonds. The Morgan fingerprint density at radius 3 is 2.74 bits per heavy atom. The fourth-order valence-corrected chi connectivity index (χ4v) is 2.89. The highest BCUT2D eigenvalue weighted by molar-refractivity contribution is 5.44. The number of nitrogens with zero attached hydrogens (tertiary/aromatic N) is 1. The highest BCUT2D eigenvalue weighted by Gasteiger charge is 2.23. The highest BCUT2D eigenvalue weighted by Crippen LogP contribution is 2.33. The molecule has 1 fully saturated rings. The molecule has 3 rings (SSSR count). The molecule has 1 unspecified atom stereocenters. The Bertz CT molecular complexity index is 439. The SMILES string of the molecule is CC(O)C1CCN(Cc2ccc3c(c2)OCO3)CC1. The second-order valence-electron chi connectivity index (χ2n) is 5.54. The van der Waals surface area contributed by atoms with Crippen molar-refractivity contribution in [3.8, 4) is 11.5 Å². The topological polar surface area (TPSA) is 41.9 Å². The first-order valence-corrected chi connectivity index (χ1v) is 7.01. The van der Waals surface area contributed by atoms with Crippen LogP contribution in [0.4, 0.5) is 0 Å². The first-order valence-electron chi connectivity index (χ1n) is 7.01. The number of aliphatic hydroxyl groups is 1. The van der Waals surface area contributed by atoms with E-state index in [1.807, 2.05) is 13.0 Å². The van der Waals surface area contributed by atoms with E-state index in [2.05, 4.69) is 17.0 Å². The summed E-state index contributed by atoms with van der Waals surface area (Å²) in [6.07, 6.45) is 2.00. The van der Waals surface area contributed by atoms with E-state index in [4.69, 9.17) is 9.47 Å². The molecule has 1 aromatic carbocycles. The quantitative estimate of drug-likeness (QED) is 0.906. The zero-order valence-corrected chi connectivity index (χ0v) is 11.3. The summed E-state index contributed by atoms with van der Waals surface area (Å²) in [4.78, 5) is 2.44. The molecule has 2 aliphatic heterocycles. The highest BCUT2D eigenvalue weighted by atomic mass is 16.7. The molecule has 2 aliphatic rings. The summed E-state index contributed by atoms with van der Waals surface area (Å²) < 4.78 is 10.7. The first kappa shape index (κ1) is 12.8. The van der Waals surface area contributed by atoms with Gasteiger partial charge in [0.2, 0.25) is 6.79 Å². The zero-order chi connectivity index (χ0) is 13.2. The molecular formula is C15H21NO3. The van der Waals surface area contributed by atoms with Gasteiger partial charge in [0.25, 0.3) is 0 Å². The number of rotatable bonds is 3. The molecule has 0 spiro atoms. The molecule has 0 radical (unpaired) electrons. The summed E-state index contributed by atoms with van der Waals surface area (Å²) in [6.45, 7) is 5.30. The third-order valence-electron chi connectivity index (χ3n) is 4.16. The van der Waals surface area contributed by atoms with Gasteiger partial charge in [-0.2, -0.15) is 0 Å². The van der Waals surface area contributed by atoms with E-state index in [0.29, 0.717) is 12.7 Å². The van der Waals surface area contributed by atoms with Crippen LogP contribution in [0.25, 0.3) is 0 Å². The Morgan fingerprint density at radius 2 is 2.00 bits per heavy atom. The lowest BCUT2D eigenvalue weighted by Crippen LogP contribution is -2.36. The molecular weight excluding hydrogens is 242 g/mol. The molecule has 1 N–H and O–H groups in total. The average Bonchev–Trinajstić information content (AvgIpc) is 2.87. The summed E-state index contributed by atoms with van der Waals surface area (Å²) in [6, 6.07) is 6.16. The van der Waals surface area contributed by atoms with Crippen LogP contribution in [0.5, 0.6) is 11.5 Å². The monoisotopic (exact) mass is 263 g/mol. The van der Waals surface area contributed by atoms with E-state index in [-0.39, 0.29) is 6.10 Å². The summed E-state index contributed by atoms with van der Waals surface area (Å²) >= 11 is 0. The van der Waals surface area contributed by atoms with Gasteiger partial charge in [-0.05, 0) is 56.5 Å². The smallest absolute Gasteiger partial charge is 0.231 e. The van der Waals surface area contributed by atoms with Gasteiger partial charge in [0.15, 0.2) is 11.5 Å². The van der Waals surface area contributed by atoms with Crippen LogP contribution in [0.1, 0.15) is 25.3 Å². The van der Waals surface area contributed by atoms with Crippen molar-refractivity contribution in [2.75, 3.05) is 19.9 Å². The Balaban J connectivity index is 1.58. The zero-order valence-electron chi connectivity index (χ0n) is 11.3. The van der Waals surface area contributed by atoms with E-state index >= 15 is 0 Å². The minimum Gasteiger partial charge on any atom is -0.454 e. The van der Waals surface area contributed by atoms with Crippen molar-refractivity contribution in [1.29, 1.82) is 0 Å². The lowest BCUT2D eigenvalue weighted by Gasteiger charge is -2.33. The first-order chi connectivity index (χ1) is 9.22. The number of likely N-dealkylation sites (tertiary alicyclic amines) is 1. The molecule has 0 saturated carbocycles. The van der Waals surface area contributed by atoms with Crippen LogP contribution in [0.2, 0.25) is 0 Å². The van der Waals surface area contributed by atoms with E-state index < -0.39 is 0 Å². The number of hydrogen-bond donors (Lipinski definition) is 1. The van der Waals surface area contributed by atoms with Gasteiger partial charge in [0.05, 0.1) is 6.10 Å². The maximum Gasteiger partial charge on any atom is 0.231 e. The van der Waals surface area contributed by atoms with Crippen LogP contribution in [0.15, 0.2) is 18.2 Å². The maximum atomic E-state index is 9.61. The number of aliphatic hydroxyl groups excluding tert-OH is 1. The van der Waals surface area contributed by atoms with E-state index in [1.165, 1.54) is 5.56 Å². The molecule has 1 atom stereocenters. The molecule has 0 aliphatic carbocycles. The predicted molar refractivity (Wildman–Crippen MR) is 72.2 cm³/mol. The van der Waals surface area contributed by atoms with Crippen LogP contribution in [-0.4, -0.2) is 36.0 Å². The van der Waals surface area contributed by atoms with Crippen molar-refractivity contribution in [1.82, 2.24) is 4.90 Å². The molecule has 4 nitrogen and oxygen atoms in total. The molecule has 0 bridgehead atoms. The number of fused-ring (bicyclic) bond motifs is 1. The lowest BCUT2D eigenvalue weighted by atomic mass is 9.92. The number of hydrogen-bond acceptors (Lipinski definition) is 4. The van der Waals surface area contributed by atoms with Gasteiger partial charge >= 0.3 is 0 Å². The molecule has 4 heteroatoms. The van der Waals surface area contributed by atoms with E-state index in [1.54, 1.807) is 0 Å². The summed E-state index contributed by atoms with van der Waals surface area (Å²) in [5.74, 6) is 2.17. The Hall–Kier alpha value is -1.26. The van der Waals surface area contributed by atoms with Gasteiger partial charge in [0, 0.05) is 6.54 Å². The number of benzene rings is 1. The Kier molecular flexibility index (Phi) is 3.62. The minimum absolute atomic E-state index is 0.173. The van der Waals surface area contributed by atoms with E-state index in [0.717, 1.165) is 44.0 Å². The molecule has 2 heterocycles. The second kappa shape index (κ2) is 5.39. The fourth-order valence-electron chi connectivity index (χ4n) is 2.89. The average molecular weight is 263 g/mol. The van der Waals surface area contributed by atoms with Gasteiger partial charge in [-0.25, -0.2) is 0 Å². The molecule has 1 saturated heterocycles. The summed E-state index contributed by atoms with van der Waals surface area (Å²) in [5, 5.41) is 9.61. The Morgan fingerprint density at radius 1 is 1.26 bits per heavy atom. The van der Waals surface area contributed by atoms with Gasteiger partial charge in [-0.3, -0.25) is 4.90 Å².